The first-order valence-corrected chi connectivity index (χ1v) is 8.86. The molecule has 0 radical (unpaired) electrons. The highest BCUT2D eigenvalue weighted by Crippen LogP contribution is 2.23. The van der Waals surface area contributed by atoms with Crippen molar-refractivity contribution in [3.8, 4) is 0 Å². The van der Waals surface area contributed by atoms with Crippen molar-refractivity contribution >= 4 is 11.6 Å². The zero-order valence-corrected chi connectivity index (χ0v) is 14.6. The van der Waals surface area contributed by atoms with Crippen LogP contribution in [0.1, 0.15) is 76.6 Å². The zero-order chi connectivity index (χ0) is 15.7. The van der Waals surface area contributed by atoms with Gasteiger partial charge in [0.1, 0.15) is 0 Å². The van der Waals surface area contributed by atoms with Gasteiger partial charge < -0.3 is 5.11 Å². The standard InChI is InChI=1S/C17H31ClN2O/c1-4-6-7-8-9-10-11-12-14(21)13-16-17(18)15(5-2)19-20(16)3/h14,21H,4-13H2,1-3H3. The number of aryl methyl sites for hydroxylation is 2. The molecule has 21 heavy (non-hydrogen) atoms. The highest BCUT2D eigenvalue weighted by molar-refractivity contribution is 6.31. The molecule has 1 aromatic rings. The summed E-state index contributed by atoms with van der Waals surface area (Å²) in [5.41, 5.74) is 1.89. The lowest BCUT2D eigenvalue weighted by atomic mass is 10.0. The molecule has 4 heteroatoms. The molecule has 0 aliphatic rings. The second-order valence-corrected chi connectivity index (χ2v) is 6.33. The van der Waals surface area contributed by atoms with E-state index < -0.39 is 0 Å². The Bertz CT molecular complexity index is 404. The van der Waals surface area contributed by atoms with Crippen molar-refractivity contribution < 1.29 is 5.11 Å². The minimum absolute atomic E-state index is 0.307. The molecule has 1 N–H and O–H groups in total. The first kappa shape index (κ1) is 18.5. The van der Waals surface area contributed by atoms with Gasteiger partial charge in [-0.15, -0.1) is 0 Å². The van der Waals surface area contributed by atoms with Gasteiger partial charge in [-0.3, -0.25) is 4.68 Å². The molecule has 0 saturated heterocycles. The van der Waals surface area contributed by atoms with Crippen molar-refractivity contribution in [1.29, 1.82) is 0 Å². The van der Waals surface area contributed by atoms with Crippen molar-refractivity contribution in [2.24, 2.45) is 7.05 Å². The molecule has 1 aromatic heterocycles. The van der Waals surface area contributed by atoms with Gasteiger partial charge in [-0.2, -0.15) is 5.10 Å². The average Bonchev–Trinajstić information content (AvgIpc) is 2.73. The van der Waals surface area contributed by atoms with E-state index in [0.717, 1.165) is 35.7 Å². The number of hydrogen-bond donors (Lipinski definition) is 1. The molecule has 0 bridgehead atoms. The van der Waals surface area contributed by atoms with Gasteiger partial charge in [0.15, 0.2) is 0 Å². The lowest BCUT2D eigenvalue weighted by molar-refractivity contribution is 0.158. The number of aromatic nitrogens is 2. The molecule has 1 atom stereocenters. The van der Waals surface area contributed by atoms with Crippen LogP contribution in [0.15, 0.2) is 0 Å². The first-order chi connectivity index (χ1) is 10.1. The Hall–Kier alpha value is -0.540. The first-order valence-electron chi connectivity index (χ1n) is 8.48. The minimum Gasteiger partial charge on any atom is -0.393 e. The van der Waals surface area contributed by atoms with Gasteiger partial charge in [0.05, 0.1) is 22.5 Å². The Morgan fingerprint density at radius 2 is 1.71 bits per heavy atom. The molecule has 0 spiro atoms. The number of halogens is 1. The van der Waals surface area contributed by atoms with E-state index >= 15 is 0 Å². The third-order valence-corrected chi connectivity index (χ3v) is 4.51. The van der Waals surface area contributed by atoms with Gasteiger partial charge in [-0.05, 0) is 12.8 Å². The average molecular weight is 315 g/mol. The molecule has 3 nitrogen and oxygen atoms in total. The molecule has 0 aliphatic heterocycles. The van der Waals surface area contributed by atoms with Gasteiger partial charge in [-0.1, -0.05) is 70.4 Å². The van der Waals surface area contributed by atoms with Crippen LogP contribution in [0, 0.1) is 0 Å². The van der Waals surface area contributed by atoms with Crippen molar-refractivity contribution in [3.63, 3.8) is 0 Å². The fraction of sp³-hybridized carbons (Fsp3) is 0.824. The van der Waals surface area contributed by atoms with E-state index in [9.17, 15) is 5.11 Å². The zero-order valence-electron chi connectivity index (χ0n) is 13.9. The minimum atomic E-state index is -0.307. The van der Waals surface area contributed by atoms with Crippen LogP contribution in [0.4, 0.5) is 0 Å². The van der Waals surface area contributed by atoms with Gasteiger partial charge in [0.25, 0.3) is 0 Å². The summed E-state index contributed by atoms with van der Waals surface area (Å²) in [4.78, 5) is 0. The monoisotopic (exact) mass is 314 g/mol. The summed E-state index contributed by atoms with van der Waals surface area (Å²) in [6.07, 6.45) is 10.9. The molecule has 122 valence electrons. The number of rotatable bonds is 11. The highest BCUT2D eigenvalue weighted by atomic mass is 35.5. The lowest BCUT2D eigenvalue weighted by Gasteiger charge is -2.11. The summed E-state index contributed by atoms with van der Waals surface area (Å²) in [5, 5.41) is 15.3. The second kappa shape index (κ2) is 10.2. The largest absolute Gasteiger partial charge is 0.393 e. The maximum atomic E-state index is 10.2. The van der Waals surface area contributed by atoms with Gasteiger partial charge in [0.2, 0.25) is 0 Å². The summed E-state index contributed by atoms with van der Waals surface area (Å²) in [5.74, 6) is 0. The van der Waals surface area contributed by atoms with E-state index in [-0.39, 0.29) is 6.10 Å². The number of nitrogens with zero attached hydrogens (tertiary/aromatic N) is 2. The third-order valence-electron chi connectivity index (χ3n) is 4.07. The van der Waals surface area contributed by atoms with E-state index in [4.69, 9.17) is 11.6 Å². The Kier molecular flexibility index (Phi) is 9.02. The molecular weight excluding hydrogens is 284 g/mol. The molecule has 0 fully saturated rings. The summed E-state index contributed by atoms with van der Waals surface area (Å²) in [6.45, 7) is 4.29. The molecular formula is C17H31ClN2O. The molecule has 0 aromatic carbocycles. The summed E-state index contributed by atoms with van der Waals surface area (Å²) in [7, 11) is 1.90. The second-order valence-electron chi connectivity index (χ2n) is 5.95. The van der Waals surface area contributed by atoms with Crippen LogP contribution in [-0.4, -0.2) is 21.0 Å². The fourth-order valence-corrected chi connectivity index (χ4v) is 3.07. The van der Waals surface area contributed by atoms with Crippen LogP contribution in [0.3, 0.4) is 0 Å². The predicted octanol–water partition coefficient (Wildman–Crippen LogP) is 4.68. The molecule has 0 saturated carbocycles. The van der Waals surface area contributed by atoms with E-state index in [2.05, 4.69) is 12.0 Å². The fourth-order valence-electron chi connectivity index (χ4n) is 2.70. The number of hydrogen-bond acceptors (Lipinski definition) is 2. The maximum Gasteiger partial charge on any atom is 0.0850 e. The number of unbranched alkanes of at least 4 members (excludes halogenated alkanes) is 6. The van der Waals surface area contributed by atoms with Crippen LogP contribution in [0.25, 0.3) is 0 Å². The van der Waals surface area contributed by atoms with Crippen LogP contribution in [-0.2, 0) is 19.9 Å². The number of aliphatic hydroxyl groups is 1. The molecule has 1 unspecified atom stereocenters. The molecule has 1 heterocycles. The van der Waals surface area contributed by atoms with Crippen LogP contribution >= 0.6 is 11.6 Å². The van der Waals surface area contributed by atoms with Crippen molar-refractivity contribution in [3.05, 3.63) is 16.4 Å². The summed E-state index contributed by atoms with van der Waals surface area (Å²) < 4.78 is 1.81. The third kappa shape index (κ3) is 6.39. The Morgan fingerprint density at radius 1 is 1.10 bits per heavy atom. The summed E-state index contributed by atoms with van der Waals surface area (Å²) in [6, 6.07) is 0. The Labute approximate surface area is 134 Å². The lowest BCUT2D eigenvalue weighted by Crippen LogP contribution is -2.13. The normalized spacial score (nSPS) is 12.8. The summed E-state index contributed by atoms with van der Waals surface area (Å²) >= 11 is 6.31. The SMILES string of the molecule is CCCCCCCCCC(O)Cc1c(Cl)c(CC)nn1C. The molecule has 0 aliphatic carbocycles. The van der Waals surface area contributed by atoms with Crippen molar-refractivity contribution in [2.45, 2.75) is 84.2 Å². The predicted molar refractivity (Wildman–Crippen MR) is 89.9 cm³/mol. The van der Waals surface area contributed by atoms with Crippen molar-refractivity contribution in [1.82, 2.24) is 9.78 Å². The smallest absolute Gasteiger partial charge is 0.0850 e. The maximum absolute atomic E-state index is 10.2. The van der Waals surface area contributed by atoms with Crippen LogP contribution < -0.4 is 0 Å². The highest BCUT2D eigenvalue weighted by Gasteiger charge is 2.16. The quantitative estimate of drug-likeness (QED) is 0.602. The van der Waals surface area contributed by atoms with E-state index in [0.29, 0.717) is 6.42 Å². The Morgan fingerprint density at radius 3 is 2.29 bits per heavy atom. The van der Waals surface area contributed by atoms with Gasteiger partial charge in [-0.25, -0.2) is 0 Å². The van der Waals surface area contributed by atoms with Crippen LogP contribution in [0.5, 0.6) is 0 Å². The van der Waals surface area contributed by atoms with Crippen LogP contribution in [0.2, 0.25) is 5.02 Å². The van der Waals surface area contributed by atoms with E-state index in [1.807, 2.05) is 18.7 Å². The van der Waals surface area contributed by atoms with Gasteiger partial charge in [0, 0.05) is 13.5 Å². The van der Waals surface area contributed by atoms with Crippen molar-refractivity contribution in [2.75, 3.05) is 0 Å². The Balaban J connectivity index is 2.25. The number of aliphatic hydroxyl groups excluding tert-OH is 1. The molecule has 0 amide bonds. The van der Waals surface area contributed by atoms with E-state index in [1.165, 1.54) is 38.5 Å². The topological polar surface area (TPSA) is 38.1 Å². The van der Waals surface area contributed by atoms with Gasteiger partial charge >= 0.3 is 0 Å². The van der Waals surface area contributed by atoms with E-state index in [1.54, 1.807) is 0 Å². The molecule has 1 rings (SSSR count).